The van der Waals surface area contributed by atoms with Crippen molar-refractivity contribution in [1.82, 2.24) is 20.2 Å². The summed E-state index contributed by atoms with van der Waals surface area (Å²) in [5, 5.41) is 11.5. The number of imidazole rings is 1. The smallest absolute Gasteiger partial charge is 0.405 e. The number of H-pyrrole nitrogens is 1. The molecule has 3 N–H and O–H groups in total. The lowest BCUT2D eigenvalue weighted by atomic mass is 10.0. The van der Waals surface area contributed by atoms with Crippen LogP contribution >= 0.6 is 0 Å². The minimum absolute atomic E-state index is 0.143. The highest BCUT2D eigenvalue weighted by atomic mass is 16.4. The van der Waals surface area contributed by atoms with Crippen LogP contribution < -0.4 is 5.32 Å². The van der Waals surface area contributed by atoms with E-state index in [-0.39, 0.29) is 17.9 Å². The molecule has 2 amide bonds. The van der Waals surface area contributed by atoms with Crippen molar-refractivity contribution >= 4 is 12.0 Å². The van der Waals surface area contributed by atoms with Crippen LogP contribution in [0.3, 0.4) is 0 Å². The van der Waals surface area contributed by atoms with Crippen molar-refractivity contribution in [2.75, 3.05) is 6.54 Å². The van der Waals surface area contributed by atoms with E-state index in [0.717, 1.165) is 35.5 Å². The molecule has 1 aromatic heterocycles. The number of hydrogen-bond acceptors (Lipinski definition) is 3. The van der Waals surface area contributed by atoms with Gasteiger partial charge in [0.05, 0.1) is 17.9 Å². The van der Waals surface area contributed by atoms with Gasteiger partial charge in [-0.15, -0.1) is 0 Å². The Morgan fingerprint density at radius 3 is 2.38 bits per heavy atom. The zero-order valence-corrected chi connectivity index (χ0v) is 18.3. The van der Waals surface area contributed by atoms with E-state index in [9.17, 15) is 9.59 Å². The second kappa shape index (κ2) is 9.26. The second-order valence-corrected chi connectivity index (χ2v) is 8.49. The zero-order chi connectivity index (χ0) is 22.7. The van der Waals surface area contributed by atoms with Gasteiger partial charge in [0.1, 0.15) is 11.9 Å². The van der Waals surface area contributed by atoms with Gasteiger partial charge in [-0.25, -0.2) is 9.78 Å². The van der Waals surface area contributed by atoms with Crippen LogP contribution in [0.25, 0.3) is 22.4 Å². The minimum atomic E-state index is -1.19. The van der Waals surface area contributed by atoms with Gasteiger partial charge in [-0.3, -0.25) is 4.79 Å². The van der Waals surface area contributed by atoms with E-state index >= 15 is 0 Å². The molecule has 0 radical (unpaired) electrons. The molecule has 2 atom stereocenters. The first-order valence-electron chi connectivity index (χ1n) is 10.9. The number of amides is 2. The van der Waals surface area contributed by atoms with E-state index in [4.69, 9.17) is 5.11 Å². The molecule has 0 saturated carbocycles. The van der Waals surface area contributed by atoms with Gasteiger partial charge >= 0.3 is 6.09 Å². The van der Waals surface area contributed by atoms with Gasteiger partial charge in [-0.05, 0) is 35.4 Å². The van der Waals surface area contributed by atoms with E-state index in [1.165, 1.54) is 5.56 Å². The third-order valence-electron chi connectivity index (χ3n) is 5.96. The fraction of sp³-hybridized carbons (Fsp3) is 0.320. The number of nitrogens with zero attached hydrogens (tertiary/aromatic N) is 2. The summed E-state index contributed by atoms with van der Waals surface area (Å²) in [4.78, 5) is 34.0. The monoisotopic (exact) mass is 432 g/mol. The Morgan fingerprint density at radius 1 is 1.06 bits per heavy atom. The molecule has 1 saturated heterocycles. The molecule has 32 heavy (non-hydrogen) atoms. The lowest BCUT2D eigenvalue weighted by Crippen LogP contribution is -2.50. The van der Waals surface area contributed by atoms with Crippen LogP contribution in [-0.2, 0) is 4.79 Å². The highest BCUT2D eigenvalue weighted by molar-refractivity contribution is 5.86. The molecule has 1 aliphatic rings. The number of hydrogen-bond donors (Lipinski definition) is 3. The molecule has 2 aromatic carbocycles. The summed E-state index contributed by atoms with van der Waals surface area (Å²) in [6.45, 7) is 4.28. The maximum atomic E-state index is 13.1. The van der Waals surface area contributed by atoms with E-state index in [1.807, 2.05) is 32.0 Å². The Kier molecular flexibility index (Phi) is 6.25. The summed E-state index contributed by atoms with van der Waals surface area (Å²) in [5.41, 5.74) is 4.22. The summed E-state index contributed by atoms with van der Waals surface area (Å²) in [7, 11) is 0. The third-order valence-corrected chi connectivity index (χ3v) is 5.96. The van der Waals surface area contributed by atoms with Gasteiger partial charge < -0.3 is 20.3 Å². The van der Waals surface area contributed by atoms with Crippen LogP contribution in [0.2, 0.25) is 0 Å². The number of carboxylic acid groups (broad SMARTS) is 1. The molecule has 0 aliphatic carbocycles. The van der Waals surface area contributed by atoms with Crippen molar-refractivity contribution in [3.8, 4) is 22.4 Å². The second-order valence-electron chi connectivity index (χ2n) is 8.49. The Balaban J connectivity index is 1.52. The quantitative estimate of drug-likeness (QED) is 0.526. The molecule has 7 heteroatoms. The Bertz CT molecular complexity index is 1080. The molecule has 166 valence electrons. The van der Waals surface area contributed by atoms with E-state index < -0.39 is 12.1 Å². The van der Waals surface area contributed by atoms with Crippen LogP contribution in [0.1, 0.15) is 38.6 Å². The molecule has 2 heterocycles. The lowest BCUT2D eigenvalue weighted by Gasteiger charge is -2.29. The van der Waals surface area contributed by atoms with Crippen LogP contribution in [0, 0.1) is 5.92 Å². The Hall–Kier alpha value is -3.61. The van der Waals surface area contributed by atoms with E-state index in [0.29, 0.717) is 6.54 Å². The average molecular weight is 433 g/mol. The number of carbonyl (C=O) groups is 2. The van der Waals surface area contributed by atoms with E-state index in [2.05, 4.69) is 51.7 Å². The molecule has 3 aromatic rings. The predicted molar refractivity (Wildman–Crippen MR) is 123 cm³/mol. The van der Waals surface area contributed by atoms with Crippen molar-refractivity contribution in [2.24, 2.45) is 5.92 Å². The molecule has 7 nitrogen and oxygen atoms in total. The molecule has 1 fully saturated rings. The highest BCUT2D eigenvalue weighted by Gasteiger charge is 2.37. The third kappa shape index (κ3) is 4.51. The number of benzene rings is 2. The predicted octanol–water partition coefficient (Wildman–Crippen LogP) is 4.70. The number of carbonyl (C=O) groups excluding carboxylic acids is 1. The fourth-order valence-electron chi connectivity index (χ4n) is 4.27. The van der Waals surface area contributed by atoms with Crippen LogP contribution in [0.4, 0.5) is 4.79 Å². The standard InChI is InChI=1S/C25H28N4O3/c1-16(2)22(28-25(31)32)24(30)29-14-6-9-21(29)23-26-15-20(27-23)19-12-10-18(11-13-19)17-7-4-3-5-8-17/h3-5,7-8,10-13,15-16,21-22,28H,6,9,14H2,1-2H3,(H,26,27)(H,31,32). The maximum absolute atomic E-state index is 13.1. The van der Waals surface area contributed by atoms with Crippen LogP contribution in [-0.4, -0.2) is 44.6 Å². The summed E-state index contributed by atoms with van der Waals surface area (Å²) >= 11 is 0. The zero-order valence-electron chi connectivity index (χ0n) is 18.3. The van der Waals surface area contributed by atoms with Gasteiger partial charge in [-0.2, -0.15) is 0 Å². The number of aromatic amines is 1. The van der Waals surface area contributed by atoms with E-state index in [1.54, 1.807) is 11.1 Å². The molecular formula is C25H28N4O3. The van der Waals surface area contributed by atoms with Crippen molar-refractivity contribution in [2.45, 2.75) is 38.8 Å². The first-order valence-corrected chi connectivity index (χ1v) is 10.9. The molecule has 0 spiro atoms. The van der Waals surface area contributed by atoms with Gasteiger partial charge in [0.2, 0.25) is 5.91 Å². The molecule has 2 unspecified atom stereocenters. The SMILES string of the molecule is CC(C)C(NC(=O)O)C(=O)N1CCCC1c1ncc(-c2ccc(-c3ccccc3)cc2)[nH]1. The topological polar surface area (TPSA) is 98.3 Å². The number of nitrogens with one attached hydrogen (secondary N) is 2. The lowest BCUT2D eigenvalue weighted by molar-refractivity contribution is -0.135. The first kappa shape index (κ1) is 21.6. The summed E-state index contributed by atoms with van der Waals surface area (Å²) < 4.78 is 0. The summed E-state index contributed by atoms with van der Waals surface area (Å²) in [5.74, 6) is 0.390. The number of rotatable bonds is 6. The number of likely N-dealkylation sites (tertiary alicyclic amines) is 1. The van der Waals surface area contributed by atoms with Gasteiger partial charge in [0.15, 0.2) is 0 Å². The van der Waals surface area contributed by atoms with Crippen molar-refractivity contribution in [1.29, 1.82) is 0 Å². The highest BCUT2D eigenvalue weighted by Crippen LogP contribution is 2.33. The van der Waals surface area contributed by atoms with Gasteiger partial charge in [0.25, 0.3) is 0 Å². The van der Waals surface area contributed by atoms with Crippen LogP contribution in [0.15, 0.2) is 60.8 Å². The molecule has 4 rings (SSSR count). The summed E-state index contributed by atoms with van der Waals surface area (Å²) in [6, 6.07) is 17.5. The van der Waals surface area contributed by atoms with Crippen LogP contribution in [0.5, 0.6) is 0 Å². The fourth-order valence-corrected chi connectivity index (χ4v) is 4.27. The number of aromatic nitrogens is 2. The normalized spacial score (nSPS) is 16.8. The maximum Gasteiger partial charge on any atom is 0.405 e. The van der Waals surface area contributed by atoms with Gasteiger partial charge in [0, 0.05) is 6.54 Å². The summed E-state index contributed by atoms with van der Waals surface area (Å²) in [6.07, 6.45) is 2.26. The average Bonchev–Trinajstić information content (AvgIpc) is 3.47. The van der Waals surface area contributed by atoms with Gasteiger partial charge in [-0.1, -0.05) is 68.4 Å². The Labute approximate surface area is 187 Å². The molecule has 0 bridgehead atoms. The Morgan fingerprint density at radius 2 is 1.72 bits per heavy atom. The largest absolute Gasteiger partial charge is 0.465 e. The first-order chi connectivity index (χ1) is 15.4. The van der Waals surface area contributed by atoms with Crippen molar-refractivity contribution in [3.05, 3.63) is 66.6 Å². The van der Waals surface area contributed by atoms with Crippen molar-refractivity contribution < 1.29 is 14.7 Å². The minimum Gasteiger partial charge on any atom is -0.465 e. The molecular weight excluding hydrogens is 404 g/mol. The molecule has 1 aliphatic heterocycles. The van der Waals surface area contributed by atoms with Crippen molar-refractivity contribution in [3.63, 3.8) is 0 Å².